The Labute approximate surface area is 204 Å². The third-order valence-corrected chi connectivity index (χ3v) is 6.50. The molecule has 2 aromatic carbocycles. The summed E-state index contributed by atoms with van der Waals surface area (Å²) in [7, 11) is 3.35. The van der Waals surface area contributed by atoms with Gasteiger partial charge in [0.2, 0.25) is 0 Å². The summed E-state index contributed by atoms with van der Waals surface area (Å²) in [4.78, 5) is 6.83. The molecule has 1 fully saturated rings. The second kappa shape index (κ2) is 9.19. The molecule has 0 bridgehead atoms. The summed E-state index contributed by atoms with van der Waals surface area (Å²) in [5.41, 5.74) is 5.23. The van der Waals surface area contributed by atoms with Crippen LogP contribution in [0.4, 0.5) is 5.69 Å². The van der Waals surface area contributed by atoms with E-state index in [9.17, 15) is 0 Å². The quantitative estimate of drug-likeness (QED) is 0.382. The van der Waals surface area contributed by atoms with E-state index in [1.54, 1.807) is 14.2 Å². The molecule has 1 N–H and O–H groups in total. The first kappa shape index (κ1) is 22.0. The fraction of sp³-hybridized carbons (Fsp3) is 0.185. The molecular weight excluding hydrogens is 444 g/mol. The van der Waals surface area contributed by atoms with Gasteiger partial charge in [0.1, 0.15) is 17.5 Å². The summed E-state index contributed by atoms with van der Waals surface area (Å²) < 4.78 is 13.0. The topological polar surface area (TPSA) is 51.5 Å². The third kappa shape index (κ3) is 3.88. The minimum atomic E-state index is -0.123. The van der Waals surface area contributed by atoms with E-state index in [-0.39, 0.29) is 12.1 Å². The first-order chi connectivity index (χ1) is 16.6. The number of benzene rings is 2. The number of thiocarbonyl (C=S) groups is 1. The molecule has 0 saturated carbocycles. The zero-order chi connectivity index (χ0) is 23.7. The fourth-order valence-electron chi connectivity index (χ4n) is 4.55. The number of rotatable bonds is 6. The molecule has 0 unspecified atom stereocenters. The van der Waals surface area contributed by atoms with Gasteiger partial charge in [0.25, 0.3) is 0 Å². The number of nitrogens with one attached hydrogen (secondary N) is 1. The Bertz CT molecular complexity index is 1290. The fourth-order valence-corrected chi connectivity index (χ4v) is 4.90. The van der Waals surface area contributed by atoms with Crippen LogP contribution in [0.25, 0.3) is 5.69 Å². The Balaban J connectivity index is 1.66. The maximum Gasteiger partial charge on any atom is 0.174 e. The predicted molar refractivity (Wildman–Crippen MR) is 138 cm³/mol. The van der Waals surface area contributed by atoms with Gasteiger partial charge in [-0.2, -0.15) is 0 Å². The number of ether oxygens (including phenoxy) is 2. The summed E-state index contributed by atoms with van der Waals surface area (Å²) >= 11 is 5.87. The maximum absolute atomic E-state index is 5.87. The minimum Gasteiger partial charge on any atom is -0.497 e. The number of aromatic nitrogens is 2. The second-order valence-corrected chi connectivity index (χ2v) is 8.51. The average Bonchev–Trinajstić information content (AvgIpc) is 3.44. The van der Waals surface area contributed by atoms with Crippen molar-refractivity contribution in [2.45, 2.75) is 19.0 Å². The summed E-state index contributed by atoms with van der Waals surface area (Å²) in [6, 6.07) is 26.1. The van der Waals surface area contributed by atoms with Crippen LogP contribution in [0, 0.1) is 6.92 Å². The molecule has 1 saturated heterocycles. The van der Waals surface area contributed by atoms with Crippen LogP contribution >= 0.6 is 12.2 Å². The van der Waals surface area contributed by atoms with Crippen LogP contribution in [0.2, 0.25) is 0 Å². The number of nitrogens with zero attached hydrogens (tertiary/aromatic N) is 3. The normalized spacial score (nSPS) is 17.5. The summed E-state index contributed by atoms with van der Waals surface area (Å²) in [6.45, 7) is 2.11. The standard InChI is InChI=1S/C27H26N4O2S/c1-18-7-16-24(30(18)19-8-12-21(32-2)13-9-19)26-25(23-6-4-5-17-28-23)29-27(34)31(26)20-10-14-22(33-3)15-11-20/h4-17,25-26H,1-3H3,(H,29,34)/t25-,26+/m1/s1. The van der Waals surface area contributed by atoms with Gasteiger partial charge < -0.3 is 24.3 Å². The molecule has 3 heterocycles. The van der Waals surface area contributed by atoms with E-state index in [4.69, 9.17) is 21.7 Å². The van der Waals surface area contributed by atoms with Gasteiger partial charge in [0, 0.05) is 29.0 Å². The van der Waals surface area contributed by atoms with Gasteiger partial charge in [-0.25, -0.2) is 0 Å². The minimum absolute atomic E-state index is 0.119. The average molecular weight is 471 g/mol. The van der Waals surface area contributed by atoms with Crippen molar-refractivity contribution in [3.8, 4) is 17.2 Å². The lowest BCUT2D eigenvalue weighted by atomic mass is 10.0. The number of anilines is 1. The molecule has 5 rings (SSSR count). The molecule has 172 valence electrons. The van der Waals surface area contributed by atoms with Gasteiger partial charge in [0.15, 0.2) is 5.11 Å². The predicted octanol–water partition coefficient (Wildman–Crippen LogP) is 5.38. The van der Waals surface area contributed by atoms with E-state index < -0.39 is 0 Å². The van der Waals surface area contributed by atoms with Crippen LogP contribution in [-0.2, 0) is 0 Å². The van der Waals surface area contributed by atoms with Crippen LogP contribution in [0.3, 0.4) is 0 Å². The number of hydrogen-bond donors (Lipinski definition) is 1. The van der Waals surface area contributed by atoms with E-state index >= 15 is 0 Å². The first-order valence-electron chi connectivity index (χ1n) is 11.1. The monoisotopic (exact) mass is 470 g/mol. The SMILES string of the molecule is COc1ccc(N2C(=S)N[C@H](c3ccccn3)[C@@H]2c2ccc(C)n2-c2ccc(OC)cc2)cc1. The van der Waals surface area contributed by atoms with Crippen LogP contribution in [0.5, 0.6) is 11.5 Å². The Morgan fingerprint density at radius 1 is 0.824 bits per heavy atom. The van der Waals surface area contributed by atoms with Crippen molar-refractivity contribution in [2.24, 2.45) is 0 Å². The van der Waals surface area contributed by atoms with E-state index in [0.717, 1.165) is 40.0 Å². The van der Waals surface area contributed by atoms with Crippen molar-refractivity contribution in [1.82, 2.24) is 14.9 Å². The molecule has 4 aromatic rings. The van der Waals surface area contributed by atoms with Crippen molar-refractivity contribution < 1.29 is 9.47 Å². The summed E-state index contributed by atoms with van der Waals surface area (Å²) in [5.74, 6) is 1.63. The maximum atomic E-state index is 5.87. The lowest BCUT2D eigenvalue weighted by Gasteiger charge is -2.29. The van der Waals surface area contributed by atoms with E-state index in [2.05, 4.69) is 51.0 Å². The van der Waals surface area contributed by atoms with Gasteiger partial charge in [-0.3, -0.25) is 4.98 Å². The molecule has 6 nitrogen and oxygen atoms in total. The molecule has 1 aliphatic rings. The van der Waals surface area contributed by atoms with Crippen LogP contribution in [0.15, 0.2) is 85.1 Å². The second-order valence-electron chi connectivity index (χ2n) is 8.13. The summed E-state index contributed by atoms with van der Waals surface area (Å²) in [5, 5.41) is 4.19. The number of hydrogen-bond acceptors (Lipinski definition) is 4. The van der Waals surface area contributed by atoms with Crippen LogP contribution in [-0.4, -0.2) is 28.9 Å². The molecule has 2 atom stereocenters. The van der Waals surface area contributed by atoms with Gasteiger partial charge in [-0.1, -0.05) is 6.07 Å². The number of pyridine rings is 1. The highest BCUT2D eigenvalue weighted by Gasteiger charge is 2.42. The molecule has 0 radical (unpaired) electrons. The lowest BCUT2D eigenvalue weighted by Crippen LogP contribution is -2.30. The van der Waals surface area contributed by atoms with Crippen molar-refractivity contribution in [3.05, 3.63) is 102 Å². The van der Waals surface area contributed by atoms with Gasteiger partial charge in [0.05, 0.1) is 26.0 Å². The Morgan fingerprint density at radius 2 is 1.47 bits per heavy atom. The van der Waals surface area contributed by atoms with Crippen LogP contribution < -0.4 is 19.7 Å². The largest absolute Gasteiger partial charge is 0.497 e. The van der Waals surface area contributed by atoms with Crippen molar-refractivity contribution in [2.75, 3.05) is 19.1 Å². The van der Waals surface area contributed by atoms with Crippen molar-refractivity contribution >= 4 is 23.0 Å². The first-order valence-corrected chi connectivity index (χ1v) is 11.5. The highest BCUT2D eigenvalue weighted by molar-refractivity contribution is 7.80. The van der Waals surface area contributed by atoms with Gasteiger partial charge >= 0.3 is 0 Å². The third-order valence-electron chi connectivity index (χ3n) is 6.19. The van der Waals surface area contributed by atoms with E-state index in [1.165, 1.54) is 0 Å². The smallest absolute Gasteiger partial charge is 0.174 e. The molecule has 0 spiro atoms. The molecular formula is C27H26N4O2S. The lowest BCUT2D eigenvalue weighted by molar-refractivity contribution is 0.414. The Kier molecular flexibility index (Phi) is 5.94. The van der Waals surface area contributed by atoms with Crippen molar-refractivity contribution in [1.29, 1.82) is 0 Å². The number of aryl methyl sites for hydroxylation is 1. The highest BCUT2D eigenvalue weighted by atomic mass is 32.1. The zero-order valence-electron chi connectivity index (χ0n) is 19.3. The van der Waals surface area contributed by atoms with E-state index in [0.29, 0.717) is 5.11 Å². The molecule has 34 heavy (non-hydrogen) atoms. The molecule has 0 amide bonds. The molecule has 7 heteroatoms. The number of methoxy groups -OCH3 is 2. The Morgan fingerprint density at radius 3 is 2.06 bits per heavy atom. The van der Waals surface area contributed by atoms with Crippen LogP contribution in [0.1, 0.15) is 29.2 Å². The Hall–Kier alpha value is -3.84. The highest BCUT2D eigenvalue weighted by Crippen LogP contribution is 2.43. The van der Waals surface area contributed by atoms with Gasteiger partial charge in [-0.05, 0) is 91.9 Å². The summed E-state index contributed by atoms with van der Waals surface area (Å²) in [6.07, 6.45) is 1.82. The van der Waals surface area contributed by atoms with Gasteiger partial charge in [-0.15, -0.1) is 0 Å². The van der Waals surface area contributed by atoms with Crippen molar-refractivity contribution in [3.63, 3.8) is 0 Å². The molecule has 1 aliphatic heterocycles. The molecule has 0 aliphatic carbocycles. The molecule has 2 aromatic heterocycles. The zero-order valence-corrected chi connectivity index (χ0v) is 20.1. The van der Waals surface area contributed by atoms with E-state index in [1.807, 2.05) is 60.8 Å².